The molecule has 1 aromatic carbocycles. The van der Waals surface area contributed by atoms with Crippen molar-refractivity contribution in [3.63, 3.8) is 0 Å². The third-order valence-corrected chi connectivity index (χ3v) is 5.82. The van der Waals surface area contributed by atoms with Gasteiger partial charge in [-0.2, -0.15) is 0 Å². The molecule has 4 aromatic rings. The summed E-state index contributed by atoms with van der Waals surface area (Å²) in [6.07, 6.45) is 3.76. The number of hydrogen-bond acceptors (Lipinski definition) is 7. The number of nitrogens with zero attached hydrogens (tertiary/aromatic N) is 4. The van der Waals surface area contributed by atoms with E-state index in [9.17, 15) is 0 Å². The first-order valence-electron chi connectivity index (χ1n) is 7.91. The third kappa shape index (κ3) is 3.56. The van der Waals surface area contributed by atoms with Gasteiger partial charge < -0.3 is 10.3 Å². The van der Waals surface area contributed by atoms with Crippen molar-refractivity contribution in [3.8, 4) is 0 Å². The highest BCUT2D eigenvalue weighted by Gasteiger charge is 2.13. The Morgan fingerprint density at radius 2 is 2.20 bits per heavy atom. The minimum absolute atomic E-state index is 0.653. The second kappa shape index (κ2) is 7.15. The average molecular weight is 391 g/mol. The zero-order valence-corrected chi connectivity index (χ0v) is 15.8. The maximum atomic E-state index is 6.03. The second-order valence-corrected chi connectivity index (χ2v) is 8.14. The van der Waals surface area contributed by atoms with E-state index in [-0.39, 0.29) is 0 Å². The molecule has 0 bridgehead atoms. The molecule has 25 heavy (non-hydrogen) atoms. The smallest absolute Gasteiger partial charge is 0.183 e. The predicted molar refractivity (Wildman–Crippen MR) is 104 cm³/mol. The van der Waals surface area contributed by atoms with Crippen molar-refractivity contribution in [1.29, 1.82) is 0 Å². The SMILES string of the molecule is CCCCNc1ncnc2nc(Sc3nc4cc(Cl)ccc4s3)[nH]c12. The van der Waals surface area contributed by atoms with Crippen LogP contribution in [-0.4, -0.2) is 31.5 Å². The lowest BCUT2D eigenvalue weighted by Crippen LogP contribution is -2.03. The largest absolute Gasteiger partial charge is 0.368 e. The Morgan fingerprint density at radius 3 is 3.08 bits per heavy atom. The highest BCUT2D eigenvalue weighted by atomic mass is 35.5. The van der Waals surface area contributed by atoms with Crippen LogP contribution < -0.4 is 5.32 Å². The first-order valence-corrected chi connectivity index (χ1v) is 9.92. The monoisotopic (exact) mass is 390 g/mol. The molecule has 0 spiro atoms. The predicted octanol–water partition coefficient (Wildman–Crippen LogP) is 4.98. The van der Waals surface area contributed by atoms with Crippen molar-refractivity contribution < 1.29 is 0 Å². The molecule has 3 heterocycles. The van der Waals surface area contributed by atoms with Gasteiger partial charge in [-0.25, -0.2) is 19.9 Å². The lowest BCUT2D eigenvalue weighted by Gasteiger charge is -2.03. The molecule has 0 unspecified atom stereocenters. The van der Waals surface area contributed by atoms with Crippen molar-refractivity contribution in [2.75, 3.05) is 11.9 Å². The number of fused-ring (bicyclic) bond motifs is 2. The molecule has 6 nitrogen and oxygen atoms in total. The van der Waals surface area contributed by atoms with E-state index in [4.69, 9.17) is 11.6 Å². The summed E-state index contributed by atoms with van der Waals surface area (Å²) >= 11 is 9.13. The summed E-state index contributed by atoms with van der Waals surface area (Å²) in [5.74, 6) is 0.786. The fourth-order valence-corrected chi connectivity index (χ4v) is 4.49. The fraction of sp³-hybridized carbons (Fsp3) is 0.250. The Balaban J connectivity index is 1.61. The number of H-pyrrole nitrogens is 1. The van der Waals surface area contributed by atoms with Crippen LogP contribution in [0.15, 0.2) is 34.0 Å². The van der Waals surface area contributed by atoms with Gasteiger partial charge in [0.2, 0.25) is 0 Å². The summed E-state index contributed by atoms with van der Waals surface area (Å²) in [6, 6.07) is 5.73. The molecule has 128 valence electrons. The van der Waals surface area contributed by atoms with Crippen LogP contribution in [0.4, 0.5) is 5.82 Å². The number of aromatic amines is 1. The second-order valence-electron chi connectivity index (χ2n) is 5.44. The Labute approximate surface area is 157 Å². The molecule has 0 atom stereocenters. The van der Waals surface area contributed by atoms with Gasteiger partial charge in [-0.05, 0) is 36.4 Å². The zero-order valence-electron chi connectivity index (χ0n) is 13.4. The van der Waals surface area contributed by atoms with Crippen LogP contribution >= 0.6 is 34.7 Å². The van der Waals surface area contributed by atoms with E-state index in [0.717, 1.165) is 50.4 Å². The molecular weight excluding hydrogens is 376 g/mol. The van der Waals surface area contributed by atoms with Crippen LogP contribution in [0.5, 0.6) is 0 Å². The van der Waals surface area contributed by atoms with Crippen LogP contribution in [0.25, 0.3) is 21.4 Å². The summed E-state index contributed by atoms with van der Waals surface area (Å²) in [7, 11) is 0. The van der Waals surface area contributed by atoms with Crippen LogP contribution in [-0.2, 0) is 0 Å². The number of hydrogen-bond donors (Lipinski definition) is 2. The minimum atomic E-state index is 0.653. The lowest BCUT2D eigenvalue weighted by atomic mass is 10.3. The van der Waals surface area contributed by atoms with E-state index in [1.165, 1.54) is 18.1 Å². The van der Waals surface area contributed by atoms with E-state index in [1.807, 2.05) is 18.2 Å². The number of anilines is 1. The number of unbranched alkanes of at least 4 members (excludes halogenated alkanes) is 1. The van der Waals surface area contributed by atoms with Crippen LogP contribution in [0, 0.1) is 0 Å². The highest BCUT2D eigenvalue weighted by Crippen LogP contribution is 2.35. The van der Waals surface area contributed by atoms with E-state index in [0.29, 0.717) is 10.7 Å². The summed E-state index contributed by atoms with van der Waals surface area (Å²) in [6.45, 7) is 3.04. The molecule has 0 fully saturated rings. The van der Waals surface area contributed by atoms with Gasteiger partial charge in [0, 0.05) is 11.6 Å². The van der Waals surface area contributed by atoms with E-state index in [1.54, 1.807) is 11.3 Å². The average Bonchev–Trinajstić information content (AvgIpc) is 3.18. The Hall–Kier alpha value is -1.90. The number of halogens is 1. The summed E-state index contributed by atoms with van der Waals surface area (Å²) in [5.41, 5.74) is 2.38. The Bertz CT molecular complexity index is 1030. The molecule has 4 rings (SSSR count). The number of aromatic nitrogens is 5. The van der Waals surface area contributed by atoms with Crippen LogP contribution in [0.3, 0.4) is 0 Å². The molecule has 0 aliphatic rings. The number of imidazole rings is 1. The Morgan fingerprint density at radius 1 is 1.28 bits per heavy atom. The molecule has 0 radical (unpaired) electrons. The maximum Gasteiger partial charge on any atom is 0.183 e. The molecule has 9 heteroatoms. The van der Waals surface area contributed by atoms with Gasteiger partial charge in [-0.3, -0.25) is 0 Å². The van der Waals surface area contributed by atoms with Crippen molar-refractivity contribution in [1.82, 2.24) is 24.9 Å². The fourth-order valence-electron chi connectivity index (χ4n) is 2.38. The molecule has 0 aliphatic carbocycles. The first kappa shape index (κ1) is 16.6. The maximum absolute atomic E-state index is 6.03. The van der Waals surface area contributed by atoms with Gasteiger partial charge in [0.1, 0.15) is 11.8 Å². The van der Waals surface area contributed by atoms with Crippen LogP contribution in [0.1, 0.15) is 19.8 Å². The van der Waals surface area contributed by atoms with Crippen molar-refractivity contribution in [2.24, 2.45) is 0 Å². The van der Waals surface area contributed by atoms with Gasteiger partial charge in [-0.1, -0.05) is 24.9 Å². The summed E-state index contributed by atoms with van der Waals surface area (Å²) in [4.78, 5) is 21.0. The van der Waals surface area contributed by atoms with E-state index >= 15 is 0 Å². The number of nitrogens with one attached hydrogen (secondary N) is 2. The van der Waals surface area contributed by atoms with Crippen molar-refractivity contribution in [3.05, 3.63) is 29.5 Å². The summed E-state index contributed by atoms with van der Waals surface area (Å²) in [5, 5.41) is 4.77. The van der Waals surface area contributed by atoms with Gasteiger partial charge in [0.25, 0.3) is 0 Å². The van der Waals surface area contributed by atoms with Gasteiger partial charge in [0.15, 0.2) is 21.0 Å². The molecule has 2 N–H and O–H groups in total. The zero-order chi connectivity index (χ0) is 17.2. The highest BCUT2D eigenvalue weighted by molar-refractivity contribution is 8.01. The quantitative estimate of drug-likeness (QED) is 0.452. The van der Waals surface area contributed by atoms with E-state index < -0.39 is 0 Å². The summed E-state index contributed by atoms with van der Waals surface area (Å²) < 4.78 is 2.01. The van der Waals surface area contributed by atoms with Crippen molar-refractivity contribution >= 4 is 61.9 Å². The number of rotatable bonds is 6. The first-order chi connectivity index (χ1) is 12.2. The van der Waals surface area contributed by atoms with Crippen molar-refractivity contribution in [2.45, 2.75) is 29.3 Å². The number of thiazole rings is 1. The normalized spacial score (nSPS) is 11.4. The Kier molecular flexibility index (Phi) is 4.74. The lowest BCUT2D eigenvalue weighted by molar-refractivity contribution is 0.831. The van der Waals surface area contributed by atoms with Gasteiger partial charge >= 0.3 is 0 Å². The number of benzene rings is 1. The molecule has 0 saturated carbocycles. The molecular formula is C16H15ClN6S2. The third-order valence-electron chi connectivity index (χ3n) is 3.60. The van der Waals surface area contributed by atoms with Crippen LogP contribution in [0.2, 0.25) is 5.02 Å². The minimum Gasteiger partial charge on any atom is -0.368 e. The molecule has 0 saturated heterocycles. The molecule has 0 amide bonds. The topological polar surface area (TPSA) is 79.4 Å². The van der Waals surface area contributed by atoms with Gasteiger partial charge in [-0.15, -0.1) is 11.3 Å². The standard InChI is InChI=1S/C16H15ClN6S2/c1-2-3-6-18-13-12-14(20-8-19-13)23-15(22-12)25-16-21-10-7-9(17)4-5-11(10)24-16/h4-5,7-8H,2-3,6H2,1H3,(H2,18,19,20,22,23). The van der Waals surface area contributed by atoms with Gasteiger partial charge in [0.05, 0.1) is 10.2 Å². The van der Waals surface area contributed by atoms with E-state index in [2.05, 4.69) is 37.2 Å². The molecule has 3 aromatic heterocycles. The molecule has 0 aliphatic heterocycles.